The maximum Gasteiger partial charge on any atom is 0.323 e. The van der Waals surface area contributed by atoms with E-state index in [0.29, 0.717) is 5.69 Å². The van der Waals surface area contributed by atoms with Crippen LogP contribution < -0.4 is 15.4 Å². The van der Waals surface area contributed by atoms with Crippen LogP contribution >= 0.6 is 0 Å². The zero-order valence-electron chi connectivity index (χ0n) is 15.3. The Kier molecular flexibility index (Phi) is 5.77. The van der Waals surface area contributed by atoms with Crippen LogP contribution in [0.3, 0.4) is 0 Å². The van der Waals surface area contributed by atoms with Gasteiger partial charge in [0.1, 0.15) is 17.7 Å². The van der Waals surface area contributed by atoms with Crippen molar-refractivity contribution in [1.82, 2.24) is 13.6 Å². The quantitative estimate of drug-likeness (QED) is 0.801. The minimum atomic E-state index is -3.49. The number of pyridine rings is 1. The second-order valence-electron chi connectivity index (χ2n) is 6.31. The minimum Gasteiger partial charge on any atom is -0.487 e. The normalized spacial score (nSPS) is 17.8. The van der Waals surface area contributed by atoms with E-state index in [2.05, 4.69) is 15.6 Å². The first-order chi connectivity index (χ1) is 13.2. The number of hydrogen-bond donors (Lipinski definition) is 2. The highest BCUT2D eigenvalue weighted by Gasteiger charge is 2.34. The van der Waals surface area contributed by atoms with Crippen molar-refractivity contribution in [2.45, 2.75) is 6.10 Å². The van der Waals surface area contributed by atoms with Gasteiger partial charge >= 0.3 is 6.03 Å². The van der Waals surface area contributed by atoms with Gasteiger partial charge in [0.15, 0.2) is 0 Å². The number of likely N-dealkylation sites (N-methyl/N-ethyl adjacent to an activating group) is 2. The van der Waals surface area contributed by atoms with Crippen molar-refractivity contribution in [2.24, 2.45) is 0 Å². The van der Waals surface area contributed by atoms with Crippen LogP contribution in [0.25, 0.3) is 0 Å². The predicted octanol–water partition coefficient (Wildman–Crippen LogP) is 1.73. The number of carbonyl (C=O) groups is 1. The first-order valence-electron chi connectivity index (χ1n) is 8.37. The number of carbonyl (C=O) groups excluding carboxylic acids is 1. The van der Waals surface area contributed by atoms with Crippen molar-refractivity contribution >= 4 is 27.6 Å². The molecule has 1 aliphatic heterocycles. The molecule has 0 saturated carbocycles. The molecular weight excluding hydrogens is 389 g/mol. The van der Waals surface area contributed by atoms with Gasteiger partial charge in [0.05, 0.1) is 25.0 Å². The van der Waals surface area contributed by atoms with Crippen LogP contribution in [0.15, 0.2) is 42.7 Å². The first-order valence-corrected chi connectivity index (χ1v) is 9.76. The topological polar surface area (TPSA) is 104 Å². The Balaban J connectivity index is 1.67. The molecule has 1 aromatic carbocycles. The van der Waals surface area contributed by atoms with E-state index in [1.165, 1.54) is 41.0 Å². The molecule has 0 radical (unpaired) electrons. The van der Waals surface area contributed by atoms with E-state index in [9.17, 15) is 17.6 Å². The summed E-state index contributed by atoms with van der Waals surface area (Å²) < 4.78 is 46.0. The molecule has 1 fully saturated rings. The van der Waals surface area contributed by atoms with E-state index < -0.39 is 28.2 Å². The number of amides is 2. The van der Waals surface area contributed by atoms with Gasteiger partial charge in [0.2, 0.25) is 0 Å². The standard InChI is InChI=1S/C17H20FN5O4S/c1-22-10-16(11-23(2)28(22,25)26)27-15-7-12(18)6-14(8-15)21-17(24)20-13-4-3-5-19-9-13/h3-9,16H,10-11H2,1-2H3,(H2,20,21,24). The third kappa shape index (κ3) is 4.74. The summed E-state index contributed by atoms with van der Waals surface area (Å²) in [5.41, 5.74) is 0.684. The number of rotatable bonds is 4. The lowest BCUT2D eigenvalue weighted by Gasteiger charge is -2.35. The van der Waals surface area contributed by atoms with Crippen LogP contribution in [-0.2, 0) is 10.2 Å². The molecule has 1 aromatic heterocycles. The molecular formula is C17H20FN5O4S. The number of benzene rings is 1. The number of nitrogens with one attached hydrogen (secondary N) is 2. The minimum absolute atomic E-state index is 0.132. The zero-order chi connectivity index (χ0) is 20.3. The van der Waals surface area contributed by atoms with Crippen LogP contribution in [0.5, 0.6) is 5.75 Å². The third-order valence-corrected chi connectivity index (χ3v) is 5.93. The van der Waals surface area contributed by atoms with Gasteiger partial charge in [0, 0.05) is 38.1 Å². The number of ether oxygens (including phenoxy) is 1. The smallest absolute Gasteiger partial charge is 0.323 e. The predicted molar refractivity (Wildman–Crippen MR) is 102 cm³/mol. The number of halogens is 1. The molecule has 2 amide bonds. The van der Waals surface area contributed by atoms with Crippen molar-refractivity contribution in [3.63, 3.8) is 0 Å². The lowest BCUT2D eigenvalue weighted by Crippen LogP contribution is -2.54. The van der Waals surface area contributed by atoms with E-state index in [-0.39, 0.29) is 24.5 Å². The maximum absolute atomic E-state index is 14.0. The molecule has 0 aliphatic carbocycles. The SMILES string of the molecule is CN1CC(Oc2cc(F)cc(NC(=O)Nc3cccnc3)c2)CN(C)S1(=O)=O. The van der Waals surface area contributed by atoms with Crippen LogP contribution in [-0.4, -0.2) is 61.3 Å². The van der Waals surface area contributed by atoms with Gasteiger partial charge in [-0.05, 0) is 18.2 Å². The van der Waals surface area contributed by atoms with Crippen molar-refractivity contribution in [1.29, 1.82) is 0 Å². The van der Waals surface area contributed by atoms with Gasteiger partial charge < -0.3 is 15.4 Å². The number of anilines is 2. The molecule has 11 heteroatoms. The van der Waals surface area contributed by atoms with Gasteiger partial charge in [-0.3, -0.25) is 4.98 Å². The first kappa shape index (κ1) is 20.0. The van der Waals surface area contributed by atoms with Gasteiger partial charge in [-0.1, -0.05) is 0 Å². The largest absolute Gasteiger partial charge is 0.487 e. The molecule has 0 atom stereocenters. The molecule has 150 valence electrons. The summed E-state index contributed by atoms with van der Waals surface area (Å²) in [6, 6.07) is 6.56. The molecule has 0 spiro atoms. The van der Waals surface area contributed by atoms with E-state index >= 15 is 0 Å². The molecule has 28 heavy (non-hydrogen) atoms. The Bertz CT molecular complexity index is 939. The summed E-state index contributed by atoms with van der Waals surface area (Å²) in [7, 11) is -0.591. The zero-order valence-corrected chi connectivity index (χ0v) is 16.1. The molecule has 1 saturated heterocycles. The lowest BCUT2D eigenvalue weighted by atomic mass is 10.2. The Labute approximate surface area is 162 Å². The Hall–Kier alpha value is -2.76. The fourth-order valence-electron chi connectivity index (χ4n) is 2.76. The number of aromatic nitrogens is 1. The summed E-state index contributed by atoms with van der Waals surface area (Å²) in [6.07, 6.45) is 2.56. The van der Waals surface area contributed by atoms with Crippen molar-refractivity contribution in [2.75, 3.05) is 37.8 Å². The summed E-state index contributed by atoms with van der Waals surface area (Å²) >= 11 is 0. The van der Waals surface area contributed by atoms with Crippen LogP contribution in [0.1, 0.15) is 0 Å². The molecule has 2 N–H and O–H groups in total. The van der Waals surface area contributed by atoms with Crippen molar-refractivity contribution in [3.8, 4) is 5.75 Å². The van der Waals surface area contributed by atoms with Gasteiger partial charge in [-0.2, -0.15) is 17.0 Å². The number of hydrogen-bond acceptors (Lipinski definition) is 5. The van der Waals surface area contributed by atoms with Crippen molar-refractivity contribution in [3.05, 3.63) is 48.5 Å². The average Bonchev–Trinajstić information content (AvgIpc) is 2.60. The maximum atomic E-state index is 14.0. The summed E-state index contributed by atoms with van der Waals surface area (Å²) in [6.45, 7) is 0.265. The van der Waals surface area contributed by atoms with E-state index in [1.54, 1.807) is 18.3 Å². The third-order valence-electron chi connectivity index (χ3n) is 4.06. The molecule has 0 bridgehead atoms. The Morgan fingerprint density at radius 1 is 1.18 bits per heavy atom. The van der Waals surface area contributed by atoms with E-state index in [4.69, 9.17) is 4.74 Å². The second-order valence-corrected chi connectivity index (χ2v) is 8.45. The van der Waals surface area contributed by atoms with Crippen LogP contribution in [0.4, 0.5) is 20.6 Å². The van der Waals surface area contributed by atoms with Crippen molar-refractivity contribution < 1.29 is 22.3 Å². The number of nitrogens with zero attached hydrogens (tertiary/aromatic N) is 3. The fourth-order valence-corrected chi connectivity index (χ4v) is 3.94. The highest BCUT2D eigenvalue weighted by molar-refractivity contribution is 7.86. The molecule has 0 unspecified atom stereocenters. The highest BCUT2D eigenvalue weighted by atomic mass is 32.2. The van der Waals surface area contributed by atoms with Crippen LogP contribution in [0, 0.1) is 5.82 Å². The number of urea groups is 1. The average molecular weight is 409 g/mol. The van der Waals surface area contributed by atoms with E-state index in [0.717, 1.165) is 6.07 Å². The van der Waals surface area contributed by atoms with E-state index in [1.807, 2.05) is 0 Å². The highest BCUT2D eigenvalue weighted by Crippen LogP contribution is 2.24. The summed E-state index contributed by atoms with van der Waals surface area (Å²) in [5.74, 6) is -0.415. The second kappa shape index (κ2) is 8.09. The molecule has 9 nitrogen and oxygen atoms in total. The molecule has 2 heterocycles. The monoisotopic (exact) mass is 409 g/mol. The summed E-state index contributed by atoms with van der Waals surface area (Å²) in [4.78, 5) is 15.9. The Morgan fingerprint density at radius 3 is 2.50 bits per heavy atom. The lowest BCUT2D eigenvalue weighted by molar-refractivity contribution is 0.133. The van der Waals surface area contributed by atoms with Gasteiger partial charge in [-0.25, -0.2) is 9.18 Å². The molecule has 3 rings (SSSR count). The van der Waals surface area contributed by atoms with Gasteiger partial charge in [0.25, 0.3) is 10.2 Å². The Morgan fingerprint density at radius 2 is 1.86 bits per heavy atom. The molecule has 2 aromatic rings. The van der Waals surface area contributed by atoms with Gasteiger partial charge in [-0.15, -0.1) is 0 Å². The van der Waals surface area contributed by atoms with Crippen LogP contribution in [0.2, 0.25) is 0 Å². The fraction of sp³-hybridized carbons (Fsp3) is 0.294. The molecule has 1 aliphatic rings. The summed E-state index contributed by atoms with van der Waals surface area (Å²) in [5, 5.41) is 5.10.